The van der Waals surface area contributed by atoms with Crippen molar-refractivity contribution < 1.29 is 12.8 Å². The highest BCUT2D eigenvalue weighted by molar-refractivity contribution is 7.89. The van der Waals surface area contributed by atoms with E-state index in [1.165, 1.54) is 0 Å². The Morgan fingerprint density at radius 3 is 2.64 bits per heavy atom. The van der Waals surface area contributed by atoms with Crippen LogP contribution in [0.4, 0.5) is 0 Å². The van der Waals surface area contributed by atoms with Crippen LogP contribution in [0.3, 0.4) is 0 Å². The first-order chi connectivity index (χ1) is 13.5. The number of oxazole rings is 1. The summed E-state index contributed by atoms with van der Waals surface area (Å²) in [4.78, 5) is 8.74. The summed E-state index contributed by atoms with van der Waals surface area (Å²) in [5.41, 5.74) is 1.72. The topological polar surface area (TPSA) is 99.8 Å². The van der Waals surface area contributed by atoms with Crippen molar-refractivity contribution in [1.29, 1.82) is 0 Å². The maximum atomic E-state index is 12.0. The maximum Gasteiger partial charge on any atom is 0.226 e. The summed E-state index contributed by atoms with van der Waals surface area (Å²) in [6.45, 7) is 3.24. The van der Waals surface area contributed by atoms with Crippen molar-refractivity contribution in [2.24, 2.45) is 4.99 Å². The van der Waals surface area contributed by atoms with Crippen LogP contribution in [0.5, 0.6) is 0 Å². The molecular formula is C19H27N5O3S. The number of aromatic nitrogens is 1. The van der Waals surface area contributed by atoms with Gasteiger partial charge in [0.25, 0.3) is 0 Å². The lowest BCUT2D eigenvalue weighted by Crippen LogP contribution is -2.49. The van der Waals surface area contributed by atoms with Crippen LogP contribution in [0.1, 0.15) is 25.5 Å². The molecule has 1 saturated heterocycles. The molecule has 1 aromatic carbocycles. The molecule has 152 valence electrons. The third kappa shape index (κ3) is 5.11. The van der Waals surface area contributed by atoms with E-state index in [9.17, 15) is 8.42 Å². The first-order valence-electron chi connectivity index (χ1n) is 9.46. The Balaban J connectivity index is 1.49. The second-order valence-electron chi connectivity index (χ2n) is 6.65. The molecule has 28 heavy (non-hydrogen) atoms. The Labute approximate surface area is 166 Å². The summed E-state index contributed by atoms with van der Waals surface area (Å²) in [6.07, 6.45) is 3.14. The Bertz CT molecular complexity index is 887. The van der Waals surface area contributed by atoms with Crippen molar-refractivity contribution in [3.8, 4) is 11.5 Å². The molecule has 0 radical (unpaired) electrons. The normalized spacial score (nSPS) is 16.9. The minimum absolute atomic E-state index is 0.150. The van der Waals surface area contributed by atoms with Gasteiger partial charge >= 0.3 is 0 Å². The van der Waals surface area contributed by atoms with Gasteiger partial charge in [-0.15, -0.1) is 0 Å². The van der Waals surface area contributed by atoms with E-state index in [-0.39, 0.29) is 11.8 Å². The summed E-state index contributed by atoms with van der Waals surface area (Å²) in [5, 5.41) is 6.60. The number of sulfonamides is 1. The predicted octanol–water partition coefficient (Wildman–Crippen LogP) is 1.82. The number of nitrogens with zero attached hydrogens (tertiary/aromatic N) is 3. The van der Waals surface area contributed by atoms with E-state index >= 15 is 0 Å². The van der Waals surface area contributed by atoms with Crippen LogP contribution in [-0.2, 0) is 16.6 Å². The van der Waals surface area contributed by atoms with E-state index in [1.807, 2.05) is 30.3 Å². The highest BCUT2D eigenvalue weighted by Crippen LogP contribution is 2.18. The van der Waals surface area contributed by atoms with Crippen LogP contribution < -0.4 is 10.6 Å². The Morgan fingerprint density at radius 2 is 2.00 bits per heavy atom. The number of guanidine groups is 1. The lowest BCUT2D eigenvalue weighted by atomic mass is 10.1. The Morgan fingerprint density at radius 1 is 1.29 bits per heavy atom. The fourth-order valence-electron chi connectivity index (χ4n) is 3.12. The molecule has 2 N–H and O–H groups in total. The van der Waals surface area contributed by atoms with Gasteiger partial charge in [0.2, 0.25) is 15.9 Å². The summed E-state index contributed by atoms with van der Waals surface area (Å²) in [6, 6.07) is 9.93. The number of benzene rings is 1. The first kappa shape index (κ1) is 20.3. The number of piperidine rings is 1. The van der Waals surface area contributed by atoms with Crippen LogP contribution in [0.25, 0.3) is 11.5 Å². The third-order valence-corrected chi connectivity index (χ3v) is 6.67. The molecule has 9 heteroatoms. The molecule has 1 fully saturated rings. The van der Waals surface area contributed by atoms with Crippen LogP contribution >= 0.6 is 0 Å². The predicted molar refractivity (Wildman–Crippen MR) is 109 cm³/mol. The fraction of sp³-hybridized carbons (Fsp3) is 0.474. The molecule has 2 aromatic rings. The number of aliphatic imine (C=N–C) groups is 1. The second-order valence-corrected chi connectivity index (χ2v) is 8.91. The molecule has 2 heterocycles. The number of hydrogen-bond donors (Lipinski definition) is 2. The maximum absolute atomic E-state index is 12.0. The minimum Gasteiger partial charge on any atom is -0.444 e. The zero-order valence-corrected chi connectivity index (χ0v) is 17.1. The SMILES string of the molecule is CCS(=O)(=O)N1CCC(NC(=NC)NCc2coc(-c3ccccc3)n2)CC1. The van der Waals surface area contributed by atoms with E-state index in [0.717, 1.165) is 24.1 Å². The van der Waals surface area contributed by atoms with Gasteiger partial charge in [0, 0.05) is 31.7 Å². The lowest BCUT2D eigenvalue weighted by molar-refractivity contribution is 0.306. The highest BCUT2D eigenvalue weighted by Gasteiger charge is 2.27. The smallest absolute Gasteiger partial charge is 0.226 e. The van der Waals surface area contributed by atoms with Gasteiger partial charge in [-0.05, 0) is 31.9 Å². The van der Waals surface area contributed by atoms with Crippen LogP contribution in [0.2, 0.25) is 0 Å². The third-order valence-electron chi connectivity index (χ3n) is 4.79. The molecule has 0 spiro atoms. The van der Waals surface area contributed by atoms with Crippen LogP contribution in [0.15, 0.2) is 46.0 Å². The molecule has 1 aliphatic heterocycles. The molecular weight excluding hydrogens is 378 g/mol. The van der Waals surface area contributed by atoms with Crippen molar-refractivity contribution >= 4 is 16.0 Å². The average Bonchev–Trinajstić information content (AvgIpc) is 3.21. The van der Waals surface area contributed by atoms with E-state index in [0.29, 0.717) is 31.5 Å². The molecule has 1 aliphatic rings. The molecule has 0 unspecified atom stereocenters. The molecule has 1 aromatic heterocycles. The minimum atomic E-state index is -3.10. The number of rotatable bonds is 6. The largest absolute Gasteiger partial charge is 0.444 e. The monoisotopic (exact) mass is 405 g/mol. The standard InChI is InChI=1S/C19H27N5O3S/c1-3-28(25,26)24-11-9-16(10-12-24)23-19(20-2)21-13-17-14-27-18(22-17)15-7-5-4-6-8-15/h4-8,14,16H,3,9-13H2,1-2H3,(H2,20,21,23). The fourth-order valence-corrected chi connectivity index (χ4v) is 4.26. The van der Waals surface area contributed by atoms with Crippen molar-refractivity contribution in [1.82, 2.24) is 19.9 Å². The Kier molecular flexibility index (Phi) is 6.69. The van der Waals surface area contributed by atoms with Gasteiger partial charge in [0.05, 0.1) is 18.0 Å². The van der Waals surface area contributed by atoms with Gasteiger partial charge in [-0.3, -0.25) is 4.99 Å². The van der Waals surface area contributed by atoms with Gasteiger partial charge < -0.3 is 15.1 Å². The van der Waals surface area contributed by atoms with Crippen molar-refractivity contribution in [2.45, 2.75) is 32.4 Å². The van der Waals surface area contributed by atoms with Gasteiger partial charge in [-0.2, -0.15) is 0 Å². The molecule has 3 rings (SSSR count). The number of hydrogen-bond acceptors (Lipinski definition) is 5. The molecule has 0 aliphatic carbocycles. The second kappa shape index (κ2) is 9.20. The molecule has 0 saturated carbocycles. The van der Waals surface area contributed by atoms with Crippen LogP contribution in [-0.4, -0.2) is 55.6 Å². The lowest BCUT2D eigenvalue weighted by Gasteiger charge is -2.32. The van der Waals surface area contributed by atoms with E-state index in [1.54, 1.807) is 24.5 Å². The quantitative estimate of drug-likeness (QED) is 0.562. The summed E-state index contributed by atoms with van der Waals surface area (Å²) in [7, 11) is -1.39. The summed E-state index contributed by atoms with van der Waals surface area (Å²) in [5.74, 6) is 1.41. The summed E-state index contributed by atoms with van der Waals surface area (Å²) < 4.78 is 31.0. The zero-order valence-electron chi connectivity index (χ0n) is 16.3. The van der Waals surface area contributed by atoms with Crippen molar-refractivity contribution in [2.75, 3.05) is 25.9 Å². The van der Waals surface area contributed by atoms with E-state index in [2.05, 4.69) is 20.6 Å². The van der Waals surface area contributed by atoms with Crippen LogP contribution in [0, 0.1) is 0 Å². The average molecular weight is 406 g/mol. The Hall–Kier alpha value is -2.39. The van der Waals surface area contributed by atoms with Gasteiger partial charge in [-0.1, -0.05) is 18.2 Å². The molecule has 0 bridgehead atoms. The first-order valence-corrected chi connectivity index (χ1v) is 11.1. The van der Waals surface area contributed by atoms with Gasteiger partial charge in [-0.25, -0.2) is 17.7 Å². The zero-order chi connectivity index (χ0) is 20.0. The van der Waals surface area contributed by atoms with Crippen molar-refractivity contribution in [3.05, 3.63) is 42.3 Å². The molecule has 8 nitrogen and oxygen atoms in total. The van der Waals surface area contributed by atoms with Crippen molar-refractivity contribution in [3.63, 3.8) is 0 Å². The number of nitrogens with one attached hydrogen (secondary N) is 2. The van der Waals surface area contributed by atoms with Gasteiger partial charge in [0.15, 0.2) is 5.96 Å². The molecule has 0 atom stereocenters. The van der Waals surface area contributed by atoms with E-state index in [4.69, 9.17) is 4.42 Å². The highest BCUT2D eigenvalue weighted by atomic mass is 32.2. The van der Waals surface area contributed by atoms with E-state index < -0.39 is 10.0 Å². The molecule has 0 amide bonds. The summed E-state index contributed by atoms with van der Waals surface area (Å²) >= 11 is 0. The van der Waals surface area contributed by atoms with Gasteiger partial charge in [0.1, 0.15) is 6.26 Å².